The fraction of sp³-hybridized carbons (Fsp3) is 0.300. The van der Waals surface area contributed by atoms with Crippen LogP contribution in [0.5, 0.6) is 0 Å². The standard InChI is InChI=1S/C20H21N3O3S/c1-14(24)15-8-10-17(11-9-15)27(25,26)23-12-4-5-16(13-23)20-21-18-6-2-3-7-19(18)22-20/h2-3,6-11,16H,4-5,12-13H2,1H3,(H,21,22). The van der Waals surface area contributed by atoms with Gasteiger partial charge in [0, 0.05) is 24.6 Å². The van der Waals surface area contributed by atoms with Crippen molar-refractivity contribution in [3.8, 4) is 0 Å². The first kappa shape index (κ1) is 17.9. The van der Waals surface area contributed by atoms with Crippen molar-refractivity contribution in [3.63, 3.8) is 0 Å². The lowest BCUT2D eigenvalue weighted by atomic mass is 9.99. The van der Waals surface area contributed by atoms with E-state index in [0.717, 1.165) is 29.7 Å². The van der Waals surface area contributed by atoms with Crippen LogP contribution in [0.4, 0.5) is 0 Å². The van der Waals surface area contributed by atoms with Gasteiger partial charge in [-0.15, -0.1) is 0 Å². The van der Waals surface area contributed by atoms with Crippen molar-refractivity contribution in [2.24, 2.45) is 0 Å². The zero-order valence-corrected chi connectivity index (χ0v) is 15.9. The maximum absolute atomic E-state index is 13.0. The van der Waals surface area contributed by atoms with Crippen LogP contribution < -0.4 is 0 Å². The van der Waals surface area contributed by atoms with E-state index in [1.807, 2.05) is 24.3 Å². The summed E-state index contributed by atoms with van der Waals surface area (Å²) in [6, 6.07) is 14.0. The Morgan fingerprint density at radius 1 is 1.15 bits per heavy atom. The van der Waals surface area contributed by atoms with Crippen LogP contribution in [0.3, 0.4) is 0 Å². The van der Waals surface area contributed by atoms with E-state index in [-0.39, 0.29) is 16.6 Å². The normalized spacial score (nSPS) is 18.6. The Morgan fingerprint density at radius 3 is 2.59 bits per heavy atom. The average molecular weight is 383 g/mol. The molecule has 1 aromatic heterocycles. The summed E-state index contributed by atoms with van der Waals surface area (Å²) in [7, 11) is -3.60. The molecule has 0 spiro atoms. The van der Waals surface area contributed by atoms with Crippen LogP contribution in [0, 0.1) is 0 Å². The molecule has 0 bridgehead atoms. The molecule has 1 aliphatic rings. The largest absolute Gasteiger partial charge is 0.342 e. The summed E-state index contributed by atoms with van der Waals surface area (Å²) in [5.41, 5.74) is 2.37. The second kappa shape index (κ2) is 6.90. The summed E-state index contributed by atoms with van der Waals surface area (Å²) in [6.45, 7) is 2.36. The van der Waals surface area contributed by atoms with E-state index >= 15 is 0 Å². The third-order valence-corrected chi connectivity index (χ3v) is 6.96. The Morgan fingerprint density at radius 2 is 1.89 bits per heavy atom. The summed E-state index contributed by atoms with van der Waals surface area (Å²) >= 11 is 0. The van der Waals surface area contributed by atoms with Crippen molar-refractivity contribution < 1.29 is 13.2 Å². The number of sulfonamides is 1. The third-order valence-electron chi connectivity index (χ3n) is 5.08. The monoisotopic (exact) mass is 383 g/mol. The van der Waals surface area contributed by atoms with Crippen molar-refractivity contribution in [3.05, 3.63) is 59.9 Å². The number of nitrogens with zero attached hydrogens (tertiary/aromatic N) is 2. The molecule has 3 aromatic rings. The van der Waals surface area contributed by atoms with Crippen molar-refractivity contribution in [2.45, 2.75) is 30.6 Å². The first-order valence-electron chi connectivity index (χ1n) is 9.01. The van der Waals surface area contributed by atoms with Gasteiger partial charge in [0.2, 0.25) is 10.0 Å². The molecular weight excluding hydrogens is 362 g/mol. The number of ketones is 1. The molecule has 1 unspecified atom stereocenters. The molecule has 27 heavy (non-hydrogen) atoms. The maximum Gasteiger partial charge on any atom is 0.243 e. The van der Waals surface area contributed by atoms with Gasteiger partial charge < -0.3 is 4.98 Å². The number of carbonyl (C=O) groups excluding carboxylic acids is 1. The molecule has 140 valence electrons. The second-order valence-corrected chi connectivity index (χ2v) is 8.86. The number of para-hydroxylation sites is 2. The first-order chi connectivity index (χ1) is 12.9. The molecule has 1 N–H and O–H groups in total. The first-order valence-corrected chi connectivity index (χ1v) is 10.4. The zero-order valence-electron chi connectivity index (χ0n) is 15.1. The number of carbonyl (C=O) groups is 1. The fourth-order valence-electron chi connectivity index (χ4n) is 3.56. The minimum Gasteiger partial charge on any atom is -0.342 e. The van der Waals surface area contributed by atoms with Crippen molar-refractivity contribution in [1.29, 1.82) is 0 Å². The van der Waals surface area contributed by atoms with E-state index in [0.29, 0.717) is 18.7 Å². The SMILES string of the molecule is CC(=O)c1ccc(S(=O)(=O)N2CCCC(c3nc4ccccc4[nH]3)C2)cc1. The number of rotatable bonds is 4. The lowest BCUT2D eigenvalue weighted by Crippen LogP contribution is -2.39. The number of fused-ring (bicyclic) bond motifs is 1. The predicted octanol–water partition coefficient (Wildman–Crippen LogP) is 3.33. The van der Waals surface area contributed by atoms with Crippen molar-refractivity contribution in [1.82, 2.24) is 14.3 Å². The maximum atomic E-state index is 13.0. The highest BCUT2D eigenvalue weighted by Crippen LogP contribution is 2.30. The lowest BCUT2D eigenvalue weighted by Gasteiger charge is -2.31. The Balaban J connectivity index is 1.58. The molecule has 2 aromatic carbocycles. The fourth-order valence-corrected chi connectivity index (χ4v) is 5.08. The van der Waals surface area contributed by atoms with Crippen LogP contribution in [0.25, 0.3) is 11.0 Å². The van der Waals surface area contributed by atoms with E-state index in [2.05, 4.69) is 9.97 Å². The van der Waals surface area contributed by atoms with Gasteiger partial charge in [-0.2, -0.15) is 4.31 Å². The molecule has 7 heteroatoms. The second-order valence-electron chi connectivity index (χ2n) is 6.92. The van der Waals surface area contributed by atoms with Gasteiger partial charge in [0.1, 0.15) is 5.82 Å². The molecule has 6 nitrogen and oxygen atoms in total. The topological polar surface area (TPSA) is 83.1 Å². The lowest BCUT2D eigenvalue weighted by molar-refractivity contribution is 0.101. The highest BCUT2D eigenvalue weighted by Gasteiger charge is 2.32. The minimum atomic E-state index is -3.60. The minimum absolute atomic E-state index is 0.0393. The van der Waals surface area contributed by atoms with Gasteiger partial charge >= 0.3 is 0 Å². The number of hydrogen-bond donors (Lipinski definition) is 1. The summed E-state index contributed by atoms with van der Waals surface area (Å²) in [6.07, 6.45) is 1.68. The van der Waals surface area contributed by atoms with Gasteiger partial charge in [-0.05, 0) is 44.0 Å². The molecule has 0 aliphatic carbocycles. The van der Waals surface area contributed by atoms with Crippen LogP contribution in [0.2, 0.25) is 0 Å². The molecule has 4 rings (SSSR count). The Bertz CT molecular complexity index is 1050. The number of hydrogen-bond acceptors (Lipinski definition) is 4. The number of benzene rings is 2. The summed E-state index contributed by atoms with van der Waals surface area (Å²) < 4.78 is 27.6. The number of aromatic amines is 1. The molecule has 0 radical (unpaired) electrons. The molecule has 2 heterocycles. The van der Waals surface area contributed by atoms with Gasteiger partial charge in [-0.1, -0.05) is 24.3 Å². The van der Waals surface area contributed by atoms with Crippen LogP contribution in [-0.2, 0) is 10.0 Å². The molecule has 0 amide bonds. The molecule has 1 fully saturated rings. The quantitative estimate of drug-likeness (QED) is 0.701. The van der Waals surface area contributed by atoms with E-state index in [1.54, 1.807) is 12.1 Å². The Hall–Kier alpha value is -2.51. The molecule has 1 saturated heterocycles. The molecular formula is C20H21N3O3S. The summed E-state index contributed by atoms with van der Waals surface area (Å²) in [5.74, 6) is 0.794. The molecule has 1 atom stereocenters. The zero-order chi connectivity index (χ0) is 19.0. The van der Waals surface area contributed by atoms with Crippen LogP contribution >= 0.6 is 0 Å². The van der Waals surface area contributed by atoms with Crippen LogP contribution in [0.1, 0.15) is 41.9 Å². The smallest absolute Gasteiger partial charge is 0.243 e. The summed E-state index contributed by atoms with van der Waals surface area (Å²) in [5, 5.41) is 0. The van der Waals surface area contributed by atoms with Crippen LogP contribution in [-0.4, -0.2) is 41.6 Å². The molecule has 0 saturated carbocycles. The number of nitrogens with one attached hydrogen (secondary N) is 1. The number of Topliss-reactive ketones (excluding diaryl/α,β-unsaturated/α-hetero) is 1. The van der Waals surface area contributed by atoms with Gasteiger partial charge in [0.25, 0.3) is 0 Å². The number of piperidine rings is 1. The third kappa shape index (κ3) is 3.40. The van der Waals surface area contributed by atoms with Gasteiger partial charge in [0.05, 0.1) is 15.9 Å². The highest BCUT2D eigenvalue weighted by molar-refractivity contribution is 7.89. The highest BCUT2D eigenvalue weighted by atomic mass is 32.2. The molecule has 1 aliphatic heterocycles. The summed E-state index contributed by atoms with van der Waals surface area (Å²) in [4.78, 5) is 19.6. The van der Waals surface area contributed by atoms with Crippen molar-refractivity contribution in [2.75, 3.05) is 13.1 Å². The average Bonchev–Trinajstić information content (AvgIpc) is 3.12. The van der Waals surface area contributed by atoms with Gasteiger partial charge in [-0.25, -0.2) is 13.4 Å². The van der Waals surface area contributed by atoms with E-state index in [1.165, 1.54) is 23.4 Å². The van der Waals surface area contributed by atoms with Crippen molar-refractivity contribution >= 4 is 26.8 Å². The van der Waals surface area contributed by atoms with Gasteiger partial charge in [-0.3, -0.25) is 4.79 Å². The van der Waals surface area contributed by atoms with E-state index in [4.69, 9.17) is 0 Å². The predicted molar refractivity (Wildman–Crippen MR) is 103 cm³/mol. The number of aromatic nitrogens is 2. The van der Waals surface area contributed by atoms with E-state index < -0.39 is 10.0 Å². The number of imidazole rings is 1. The van der Waals surface area contributed by atoms with Crippen LogP contribution in [0.15, 0.2) is 53.4 Å². The Kier molecular flexibility index (Phi) is 4.57. The Labute approximate surface area is 158 Å². The van der Waals surface area contributed by atoms with Gasteiger partial charge in [0.15, 0.2) is 5.78 Å². The number of H-pyrrole nitrogens is 1. The van der Waals surface area contributed by atoms with E-state index in [9.17, 15) is 13.2 Å².